The van der Waals surface area contributed by atoms with Crippen LogP contribution in [-0.2, 0) is 14.8 Å². The minimum Gasteiger partial charge on any atom is -0.421 e. The van der Waals surface area contributed by atoms with Crippen LogP contribution in [0, 0.1) is 0 Å². The van der Waals surface area contributed by atoms with Crippen molar-refractivity contribution in [1.82, 2.24) is 4.31 Å². The fraction of sp³-hybridized carbons (Fsp3) is 0.200. The standard InChI is InChI=1S/C20H18N2O5S/c23-19(21-16-13-14-7-4-5-11-18(14)27-20(16)24)17-10-6-12-22(17)28(25,26)15-8-2-1-3-9-15/h1-5,7-9,11,13,17H,6,10,12H2,(H,21,23)/t17-/m0/s1. The minimum atomic E-state index is -3.80. The fourth-order valence-corrected chi connectivity index (χ4v) is 5.06. The summed E-state index contributed by atoms with van der Waals surface area (Å²) in [6.45, 7) is 0.252. The molecule has 0 aliphatic carbocycles. The Morgan fingerprint density at radius 2 is 1.79 bits per heavy atom. The molecule has 7 nitrogen and oxygen atoms in total. The van der Waals surface area contributed by atoms with Gasteiger partial charge in [-0.1, -0.05) is 36.4 Å². The van der Waals surface area contributed by atoms with Crippen molar-refractivity contribution >= 4 is 32.6 Å². The van der Waals surface area contributed by atoms with Gasteiger partial charge in [-0.15, -0.1) is 0 Å². The highest BCUT2D eigenvalue weighted by molar-refractivity contribution is 7.89. The number of sulfonamides is 1. The molecule has 0 bridgehead atoms. The highest BCUT2D eigenvalue weighted by Crippen LogP contribution is 2.27. The number of rotatable bonds is 4. The van der Waals surface area contributed by atoms with Crippen LogP contribution in [0.3, 0.4) is 0 Å². The summed E-state index contributed by atoms with van der Waals surface area (Å²) < 4.78 is 32.2. The third-order valence-electron chi connectivity index (χ3n) is 4.76. The van der Waals surface area contributed by atoms with Crippen LogP contribution in [0.5, 0.6) is 0 Å². The first-order valence-electron chi connectivity index (χ1n) is 8.87. The van der Waals surface area contributed by atoms with E-state index in [9.17, 15) is 18.0 Å². The van der Waals surface area contributed by atoms with Gasteiger partial charge in [0.15, 0.2) is 0 Å². The lowest BCUT2D eigenvalue weighted by molar-refractivity contribution is -0.119. The number of anilines is 1. The van der Waals surface area contributed by atoms with Crippen LogP contribution in [0.1, 0.15) is 12.8 Å². The van der Waals surface area contributed by atoms with Crippen LogP contribution in [-0.4, -0.2) is 31.2 Å². The Morgan fingerprint density at radius 1 is 1.07 bits per heavy atom. The molecule has 28 heavy (non-hydrogen) atoms. The minimum absolute atomic E-state index is 0.00680. The van der Waals surface area contributed by atoms with Gasteiger partial charge < -0.3 is 9.73 Å². The van der Waals surface area contributed by atoms with Gasteiger partial charge in [0.2, 0.25) is 15.9 Å². The van der Waals surface area contributed by atoms with Gasteiger partial charge in [0.25, 0.3) is 0 Å². The van der Waals surface area contributed by atoms with Gasteiger partial charge in [-0.25, -0.2) is 13.2 Å². The Hall–Kier alpha value is -2.97. The molecule has 1 aliphatic rings. The monoisotopic (exact) mass is 398 g/mol. The van der Waals surface area contributed by atoms with E-state index in [1.54, 1.807) is 42.5 Å². The van der Waals surface area contributed by atoms with E-state index >= 15 is 0 Å². The van der Waals surface area contributed by atoms with Crippen LogP contribution in [0.15, 0.2) is 74.8 Å². The molecular formula is C20H18N2O5S. The lowest BCUT2D eigenvalue weighted by Gasteiger charge is -2.23. The molecule has 0 radical (unpaired) electrons. The van der Waals surface area contributed by atoms with Crippen LogP contribution >= 0.6 is 0 Å². The van der Waals surface area contributed by atoms with Gasteiger partial charge in [-0.05, 0) is 37.1 Å². The molecule has 2 heterocycles. The average molecular weight is 398 g/mol. The molecule has 4 rings (SSSR count). The number of hydrogen-bond donors (Lipinski definition) is 1. The van der Waals surface area contributed by atoms with E-state index in [0.29, 0.717) is 23.8 Å². The summed E-state index contributed by atoms with van der Waals surface area (Å²) in [6, 6.07) is 15.6. The number of nitrogens with zero attached hydrogens (tertiary/aromatic N) is 1. The maximum Gasteiger partial charge on any atom is 0.360 e. The van der Waals surface area contributed by atoms with Crippen LogP contribution < -0.4 is 10.9 Å². The first-order chi connectivity index (χ1) is 13.5. The van der Waals surface area contributed by atoms with E-state index in [1.165, 1.54) is 22.5 Å². The van der Waals surface area contributed by atoms with Crippen LogP contribution in [0.2, 0.25) is 0 Å². The summed E-state index contributed by atoms with van der Waals surface area (Å²) >= 11 is 0. The third kappa shape index (κ3) is 3.32. The molecule has 1 fully saturated rings. The Bertz CT molecular complexity index is 1190. The first-order valence-corrected chi connectivity index (χ1v) is 10.3. The number of carbonyl (C=O) groups excluding carboxylic acids is 1. The first kappa shape index (κ1) is 18.4. The molecule has 2 aromatic carbocycles. The maximum absolute atomic E-state index is 12.9. The van der Waals surface area contributed by atoms with E-state index in [0.717, 1.165) is 0 Å². The number of nitrogens with one attached hydrogen (secondary N) is 1. The molecule has 0 spiro atoms. The van der Waals surface area contributed by atoms with Crippen molar-refractivity contribution in [2.75, 3.05) is 11.9 Å². The van der Waals surface area contributed by atoms with E-state index < -0.39 is 27.6 Å². The van der Waals surface area contributed by atoms with Crippen molar-refractivity contribution in [2.45, 2.75) is 23.8 Å². The smallest absolute Gasteiger partial charge is 0.360 e. The zero-order chi connectivity index (χ0) is 19.7. The van der Waals surface area contributed by atoms with Gasteiger partial charge in [0, 0.05) is 11.9 Å². The maximum atomic E-state index is 12.9. The Morgan fingerprint density at radius 3 is 2.57 bits per heavy atom. The molecule has 1 atom stereocenters. The number of hydrogen-bond acceptors (Lipinski definition) is 5. The fourth-order valence-electron chi connectivity index (χ4n) is 3.38. The molecule has 0 saturated carbocycles. The Kier molecular flexibility index (Phi) is 4.74. The summed E-state index contributed by atoms with van der Waals surface area (Å²) in [5.41, 5.74) is -0.269. The summed E-state index contributed by atoms with van der Waals surface area (Å²) in [4.78, 5) is 25.1. The summed E-state index contributed by atoms with van der Waals surface area (Å²) in [7, 11) is -3.80. The molecule has 0 unspecified atom stereocenters. The van der Waals surface area contributed by atoms with Gasteiger partial charge >= 0.3 is 5.63 Å². The second-order valence-corrected chi connectivity index (χ2v) is 8.45. The quantitative estimate of drug-likeness (QED) is 0.682. The van der Waals surface area contributed by atoms with Crippen molar-refractivity contribution in [1.29, 1.82) is 0 Å². The van der Waals surface area contributed by atoms with Crippen LogP contribution in [0.25, 0.3) is 11.0 Å². The zero-order valence-electron chi connectivity index (χ0n) is 14.9. The number of para-hydroxylation sites is 1. The van der Waals surface area contributed by atoms with Crippen molar-refractivity contribution in [3.63, 3.8) is 0 Å². The van der Waals surface area contributed by atoms with Crippen molar-refractivity contribution in [3.05, 3.63) is 71.1 Å². The molecular weight excluding hydrogens is 380 g/mol. The van der Waals surface area contributed by atoms with Gasteiger partial charge in [-0.2, -0.15) is 4.31 Å². The second-order valence-electron chi connectivity index (χ2n) is 6.56. The van der Waals surface area contributed by atoms with Gasteiger partial charge in [-0.3, -0.25) is 4.79 Å². The van der Waals surface area contributed by atoms with E-state index in [4.69, 9.17) is 4.42 Å². The molecule has 1 saturated heterocycles. The molecule has 1 aromatic heterocycles. The van der Waals surface area contributed by atoms with Gasteiger partial charge in [0.1, 0.15) is 17.3 Å². The lowest BCUT2D eigenvalue weighted by Crippen LogP contribution is -2.43. The van der Waals surface area contributed by atoms with Crippen molar-refractivity contribution in [2.24, 2.45) is 0 Å². The molecule has 144 valence electrons. The zero-order valence-corrected chi connectivity index (χ0v) is 15.7. The molecule has 3 aromatic rings. The van der Waals surface area contributed by atoms with Crippen molar-refractivity contribution < 1.29 is 17.6 Å². The molecule has 1 amide bonds. The summed E-state index contributed by atoms with van der Waals surface area (Å²) in [5, 5.41) is 3.21. The number of benzene rings is 2. The highest BCUT2D eigenvalue weighted by Gasteiger charge is 2.39. The third-order valence-corrected chi connectivity index (χ3v) is 6.68. The second kappa shape index (κ2) is 7.21. The number of fused-ring (bicyclic) bond motifs is 1. The van der Waals surface area contributed by atoms with E-state index in [2.05, 4.69) is 5.32 Å². The van der Waals surface area contributed by atoms with E-state index in [1.807, 2.05) is 0 Å². The lowest BCUT2D eigenvalue weighted by atomic mass is 10.2. The SMILES string of the molecule is O=C(Nc1cc2ccccc2oc1=O)[C@@H]1CCCN1S(=O)(=O)c1ccccc1. The number of amides is 1. The topological polar surface area (TPSA) is 96.7 Å². The molecule has 8 heteroatoms. The average Bonchev–Trinajstić information content (AvgIpc) is 3.20. The van der Waals surface area contributed by atoms with Crippen LogP contribution in [0.4, 0.5) is 5.69 Å². The molecule has 1 aliphatic heterocycles. The van der Waals surface area contributed by atoms with Gasteiger partial charge in [0.05, 0.1) is 4.90 Å². The predicted octanol–water partition coefficient (Wildman–Crippen LogP) is 2.58. The summed E-state index contributed by atoms with van der Waals surface area (Å²) in [6.07, 6.45) is 0.952. The summed E-state index contributed by atoms with van der Waals surface area (Å²) in [5.74, 6) is -0.542. The largest absolute Gasteiger partial charge is 0.421 e. The highest BCUT2D eigenvalue weighted by atomic mass is 32.2. The molecule has 1 N–H and O–H groups in total. The number of carbonyl (C=O) groups is 1. The van der Waals surface area contributed by atoms with E-state index in [-0.39, 0.29) is 17.1 Å². The normalized spacial score (nSPS) is 17.6. The Labute approximate surface area is 161 Å². The van der Waals surface area contributed by atoms with Crippen molar-refractivity contribution in [3.8, 4) is 0 Å². The Balaban J connectivity index is 1.61. The predicted molar refractivity (Wildman–Crippen MR) is 104 cm³/mol.